The quantitative estimate of drug-likeness (QED) is 0.576. The van der Waals surface area contributed by atoms with Gasteiger partial charge in [-0.3, -0.25) is 4.99 Å². The second-order valence-electron chi connectivity index (χ2n) is 4.14. The Hall–Kier alpha value is -1.71. The van der Waals surface area contributed by atoms with Gasteiger partial charge in [0.2, 0.25) is 0 Å². The monoisotopic (exact) mass is 234 g/mol. The van der Waals surface area contributed by atoms with E-state index in [9.17, 15) is 4.39 Å². The van der Waals surface area contributed by atoms with Gasteiger partial charge in [0.25, 0.3) is 5.84 Å². The van der Waals surface area contributed by atoms with E-state index in [1.54, 1.807) is 18.3 Å². The maximum Gasteiger partial charge on any atom is 0.267 e. The first-order valence-electron chi connectivity index (χ1n) is 5.99. The van der Waals surface area contributed by atoms with E-state index in [0.29, 0.717) is 0 Å². The fourth-order valence-corrected chi connectivity index (χ4v) is 1.76. The van der Waals surface area contributed by atoms with Crippen LogP contribution in [0.1, 0.15) is 31.2 Å². The Bertz CT molecular complexity index is 409. The zero-order valence-electron chi connectivity index (χ0n) is 9.75. The maximum absolute atomic E-state index is 12.7. The molecule has 2 rings (SSSR count). The van der Waals surface area contributed by atoms with Crippen LogP contribution in [0, 0.1) is 5.82 Å². The van der Waals surface area contributed by atoms with Crippen LogP contribution in [0.15, 0.2) is 29.4 Å². The largest absolute Gasteiger partial charge is 0.277 e. The van der Waals surface area contributed by atoms with Crippen LogP contribution in [-0.2, 0) is 0 Å². The van der Waals surface area contributed by atoms with Gasteiger partial charge in [-0.1, -0.05) is 17.2 Å². The number of amidine groups is 1. The average Bonchev–Trinajstić information content (AvgIpc) is 2.60. The van der Waals surface area contributed by atoms with Crippen LogP contribution >= 0.6 is 0 Å². The number of hydrogen-bond acceptors (Lipinski definition) is 2. The molecule has 0 unspecified atom stereocenters. The molecule has 0 aromatic heterocycles. The van der Waals surface area contributed by atoms with E-state index < -0.39 is 0 Å². The van der Waals surface area contributed by atoms with E-state index in [0.717, 1.165) is 24.4 Å². The maximum atomic E-state index is 12.7. The second kappa shape index (κ2) is 6.13. The summed E-state index contributed by atoms with van der Waals surface area (Å²) in [5, 5.41) is 4.14. The molecule has 0 bridgehead atoms. The van der Waals surface area contributed by atoms with E-state index in [1.165, 1.54) is 31.4 Å². The Kier molecular flexibility index (Phi) is 4.24. The highest BCUT2D eigenvalue weighted by Gasteiger charge is 2.07. The summed E-state index contributed by atoms with van der Waals surface area (Å²) in [6, 6.07) is 6.26. The van der Waals surface area contributed by atoms with Crippen LogP contribution < -0.4 is 10.4 Å². The van der Waals surface area contributed by atoms with Gasteiger partial charge >= 0.3 is 0 Å². The lowest BCUT2D eigenvalue weighted by Gasteiger charge is -1.94. The van der Waals surface area contributed by atoms with E-state index in [-0.39, 0.29) is 5.82 Å². The number of rotatable bonds is 2. The topological polar surface area (TPSA) is 38.4 Å². The van der Waals surface area contributed by atoms with Gasteiger partial charge in [-0.2, -0.15) is 5.43 Å². The Balaban J connectivity index is 1.88. The summed E-state index contributed by atoms with van der Waals surface area (Å²) in [5.41, 5.74) is 3.89. The molecule has 0 spiro atoms. The van der Waals surface area contributed by atoms with Crippen molar-refractivity contribution >= 4 is 12.1 Å². The van der Waals surface area contributed by atoms with Crippen LogP contribution in [0.3, 0.4) is 0 Å². The van der Waals surface area contributed by atoms with E-state index in [2.05, 4.69) is 15.5 Å². The van der Waals surface area contributed by atoms with Gasteiger partial charge in [-0.25, -0.2) is 4.39 Å². The molecule has 0 fully saturated rings. The minimum Gasteiger partial charge on any atom is -0.277 e. The summed E-state index contributed by atoms with van der Waals surface area (Å²) in [6.07, 6.45) is 6.38. The second-order valence-corrected chi connectivity index (χ2v) is 4.14. The summed E-state index contributed by atoms with van der Waals surface area (Å²) < 4.78 is 12.7. The minimum absolute atomic E-state index is 0.227. The fraction of sp³-hybridized carbons (Fsp3) is 0.385. The first kappa shape index (κ1) is 11.8. The number of benzene rings is 1. The molecule has 0 radical (unpaired) electrons. The Morgan fingerprint density at radius 1 is 1.18 bits per heavy atom. The fourth-order valence-electron chi connectivity index (χ4n) is 1.76. The lowest BCUT2D eigenvalue weighted by Crippen LogP contribution is -2.75. The third-order valence-electron chi connectivity index (χ3n) is 2.73. The van der Waals surface area contributed by atoms with Crippen molar-refractivity contribution in [2.24, 2.45) is 5.10 Å². The molecule has 1 aliphatic rings. The first-order valence-corrected chi connectivity index (χ1v) is 5.99. The number of hydrazone groups is 1. The SMILES string of the molecule is Fc1ccc(/C=N\NC2=[NH+]CCCCC2)cc1. The predicted octanol–water partition coefficient (Wildman–Crippen LogP) is 0.802. The summed E-state index contributed by atoms with van der Waals surface area (Å²) in [6.45, 7) is 1.01. The molecule has 0 amide bonds. The lowest BCUT2D eigenvalue weighted by molar-refractivity contribution is -0.459. The molecular weight excluding hydrogens is 217 g/mol. The van der Waals surface area contributed by atoms with Crippen molar-refractivity contribution in [1.29, 1.82) is 0 Å². The van der Waals surface area contributed by atoms with Gasteiger partial charge in [-0.15, -0.1) is 0 Å². The van der Waals surface area contributed by atoms with Gasteiger partial charge in [0.15, 0.2) is 0 Å². The van der Waals surface area contributed by atoms with Crippen molar-refractivity contribution in [3.63, 3.8) is 0 Å². The molecule has 1 aliphatic heterocycles. The summed E-state index contributed by atoms with van der Waals surface area (Å²) >= 11 is 0. The van der Waals surface area contributed by atoms with Crippen LogP contribution in [0.4, 0.5) is 4.39 Å². The van der Waals surface area contributed by atoms with Crippen molar-refractivity contribution in [2.75, 3.05) is 6.54 Å². The lowest BCUT2D eigenvalue weighted by atomic mass is 10.2. The number of hydrogen-bond donors (Lipinski definition) is 2. The van der Waals surface area contributed by atoms with Gasteiger partial charge < -0.3 is 0 Å². The van der Waals surface area contributed by atoms with Gasteiger partial charge in [0, 0.05) is 0 Å². The highest BCUT2D eigenvalue weighted by molar-refractivity contribution is 5.82. The van der Waals surface area contributed by atoms with Crippen LogP contribution in [0.25, 0.3) is 0 Å². The minimum atomic E-state index is -0.227. The number of nitrogens with one attached hydrogen (secondary N) is 2. The molecule has 3 nitrogen and oxygen atoms in total. The van der Waals surface area contributed by atoms with Crippen molar-refractivity contribution < 1.29 is 9.38 Å². The van der Waals surface area contributed by atoms with Crippen molar-refractivity contribution in [1.82, 2.24) is 5.43 Å². The highest BCUT2D eigenvalue weighted by atomic mass is 19.1. The standard InChI is InChI=1S/C13H16FN3/c14-12-7-5-11(6-8-12)10-16-17-13-4-2-1-3-9-15-13/h5-8,10H,1-4,9H2,(H,15,17)/p+1/b16-10-. The Morgan fingerprint density at radius 3 is 2.82 bits per heavy atom. The number of nitrogens with zero attached hydrogens (tertiary/aromatic N) is 1. The molecule has 1 heterocycles. The molecule has 0 saturated carbocycles. The third-order valence-corrected chi connectivity index (χ3v) is 2.73. The van der Waals surface area contributed by atoms with Crippen LogP contribution in [-0.4, -0.2) is 18.6 Å². The van der Waals surface area contributed by atoms with Crippen LogP contribution in [0.2, 0.25) is 0 Å². The van der Waals surface area contributed by atoms with Gasteiger partial charge in [-0.05, 0) is 37.0 Å². The molecule has 2 N–H and O–H groups in total. The molecular formula is C13H17FN3+. The molecule has 0 saturated heterocycles. The predicted molar refractivity (Wildman–Crippen MR) is 66.4 cm³/mol. The Labute approximate surface area is 100 Å². The highest BCUT2D eigenvalue weighted by Crippen LogP contribution is 2.00. The molecule has 0 aliphatic carbocycles. The van der Waals surface area contributed by atoms with Gasteiger partial charge in [0.05, 0.1) is 19.2 Å². The molecule has 1 aromatic carbocycles. The summed E-state index contributed by atoms with van der Waals surface area (Å²) in [5.74, 6) is 0.843. The third kappa shape index (κ3) is 3.98. The van der Waals surface area contributed by atoms with E-state index >= 15 is 0 Å². The molecule has 4 heteroatoms. The number of halogens is 1. The summed E-state index contributed by atoms with van der Waals surface area (Å²) in [7, 11) is 0. The smallest absolute Gasteiger partial charge is 0.267 e. The zero-order chi connectivity index (χ0) is 11.9. The van der Waals surface area contributed by atoms with Gasteiger partial charge in [0.1, 0.15) is 5.82 Å². The summed E-state index contributed by atoms with van der Waals surface area (Å²) in [4.78, 5) is 3.31. The van der Waals surface area contributed by atoms with Crippen molar-refractivity contribution in [2.45, 2.75) is 25.7 Å². The molecule has 1 aromatic rings. The van der Waals surface area contributed by atoms with Crippen molar-refractivity contribution in [3.8, 4) is 0 Å². The van der Waals surface area contributed by atoms with E-state index in [4.69, 9.17) is 0 Å². The van der Waals surface area contributed by atoms with Crippen LogP contribution in [0.5, 0.6) is 0 Å². The van der Waals surface area contributed by atoms with Crippen molar-refractivity contribution in [3.05, 3.63) is 35.6 Å². The Morgan fingerprint density at radius 2 is 2.00 bits per heavy atom. The molecule has 90 valence electrons. The average molecular weight is 234 g/mol. The zero-order valence-corrected chi connectivity index (χ0v) is 9.75. The molecule has 17 heavy (non-hydrogen) atoms. The first-order chi connectivity index (χ1) is 8.34. The van der Waals surface area contributed by atoms with E-state index in [1.807, 2.05) is 0 Å². The molecule has 0 atom stereocenters. The normalized spacial score (nSPS) is 16.6.